The van der Waals surface area contributed by atoms with E-state index in [1.807, 2.05) is 71.8 Å². The van der Waals surface area contributed by atoms with Crippen LogP contribution in [0.25, 0.3) is 10.2 Å². The van der Waals surface area contributed by atoms with E-state index in [-0.39, 0.29) is 17.2 Å². The first-order valence-electron chi connectivity index (χ1n) is 10.2. The number of rotatable bonds is 8. The first-order chi connectivity index (χ1) is 15.6. The lowest BCUT2D eigenvalue weighted by Crippen LogP contribution is -2.32. The predicted molar refractivity (Wildman–Crippen MR) is 133 cm³/mol. The number of carbonyl (C=O) groups excluding carboxylic acids is 1. The van der Waals surface area contributed by atoms with E-state index in [0.717, 1.165) is 11.1 Å². The average molecular weight is 484 g/mol. The second-order valence-electron chi connectivity index (χ2n) is 7.19. The minimum Gasteiger partial charge on any atom is -0.338 e. The SMILES string of the molecule is CCN(Cc1ccccc1)C(=O)CSc1nc2ccsc2c(=O)n1Cc1ccccc1Cl. The van der Waals surface area contributed by atoms with Crippen LogP contribution in [-0.4, -0.2) is 32.7 Å². The lowest BCUT2D eigenvalue weighted by atomic mass is 10.2. The van der Waals surface area contributed by atoms with E-state index in [2.05, 4.69) is 4.98 Å². The number of benzene rings is 2. The molecule has 0 saturated heterocycles. The van der Waals surface area contributed by atoms with Gasteiger partial charge >= 0.3 is 0 Å². The molecule has 0 aliphatic rings. The zero-order valence-electron chi connectivity index (χ0n) is 17.5. The van der Waals surface area contributed by atoms with Gasteiger partial charge in [0, 0.05) is 18.1 Å². The van der Waals surface area contributed by atoms with Gasteiger partial charge in [-0.25, -0.2) is 4.98 Å². The van der Waals surface area contributed by atoms with Crippen LogP contribution in [0, 0.1) is 0 Å². The number of amides is 1. The third-order valence-electron chi connectivity index (χ3n) is 5.09. The molecule has 32 heavy (non-hydrogen) atoms. The van der Waals surface area contributed by atoms with Crippen molar-refractivity contribution in [1.82, 2.24) is 14.5 Å². The van der Waals surface area contributed by atoms with E-state index in [1.54, 1.807) is 10.6 Å². The summed E-state index contributed by atoms with van der Waals surface area (Å²) in [7, 11) is 0. The fourth-order valence-corrected chi connectivity index (χ4v) is 5.24. The number of thioether (sulfide) groups is 1. The fourth-order valence-electron chi connectivity index (χ4n) is 3.37. The zero-order chi connectivity index (χ0) is 22.5. The van der Waals surface area contributed by atoms with Crippen LogP contribution in [0.5, 0.6) is 0 Å². The molecule has 8 heteroatoms. The summed E-state index contributed by atoms with van der Waals surface area (Å²) in [6.07, 6.45) is 0. The normalized spacial score (nSPS) is 11.1. The van der Waals surface area contributed by atoms with Crippen molar-refractivity contribution in [2.24, 2.45) is 0 Å². The highest BCUT2D eigenvalue weighted by Crippen LogP contribution is 2.24. The monoisotopic (exact) mass is 483 g/mol. The molecule has 0 aliphatic carbocycles. The van der Waals surface area contributed by atoms with Crippen molar-refractivity contribution in [2.75, 3.05) is 12.3 Å². The molecule has 2 aromatic heterocycles. The number of hydrogen-bond acceptors (Lipinski definition) is 5. The number of halogens is 1. The molecule has 0 fully saturated rings. The Balaban J connectivity index is 1.58. The first kappa shape index (κ1) is 22.6. The molecule has 164 valence electrons. The van der Waals surface area contributed by atoms with E-state index < -0.39 is 0 Å². The molecule has 0 spiro atoms. The van der Waals surface area contributed by atoms with Crippen LogP contribution in [0.1, 0.15) is 18.1 Å². The summed E-state index contributed by atoms with van der Waals surface area (Å²) in [6.45, 7) is 3.43. The number of carbonyl (C=O) groups is 1. The lowest BCUT2D eigenvalue weighted by molar-refractivity contribution is -0.128. The van der Waals surface area contributed by atoms with Crippen LogP contribution in [-0.2, 0) is 17.9 Å². The van der Waals surface area contributed by atoms with E-state index in [9.17, 15) is 9.59 Å². The quantitative estimate of drug-likeness (QED) is 0.252. The maximum absolute atomic E-state index is 13.2. The fraction of sp³-hybridized carbons (Fsp3) is 0.208. The molecule has 0 saturated carbocycles. The van der Waals surface area contributed by atoms with Gasteiger partial charge in [-0.1, -0.05) is 71.9 Å². The Labute approximate surface area is 199 Å². The molecule has 0 aliphatic heterocycles. The maximum Gasteiger partial charge on any atom is 0.272 e. The molecule has 4 rings (SSSR count). The third kappa shape index (κ3) is 5.06. The van der Waals surface area contributed by atoms with Gasteiger partial charge in [-0.05, 0) is 35.6 Å². The lowest BCUT2D eigenvalue weighted by Gasteiger charge is -2.21. The minimum absolute atomic E-state index is 0.00492. The Hall–Kier alpha value is -2.61. The summed E-state index contributed by atoms with van der Waals surface area (Å²) in [5.74, 6) is 0.205. The predicted octanol–water partition coefficient (Wildman–Crippen LogP) is 5.30. The van der Waals surface area contributed by atoms with Gasteiger partial charge in [0.25, 0.3) is 5.56 Å². The van der Waals surface area contributed by atoms with Crippen molar-refractivity contribution in [3.63, 3.8) is 0 Å². The van der Waals surface area contributed by atoms with E-state index in [1.165, 1.54) is 23.1 Å². The molecule has 0 bridgehead atoms. The molecular weight excluding hydrogens is 462 g/mol. The molecule has 0 atom stereocenters. The van der Waals surface area contributed by atoms with Crippen LogP contribution in [0.2, 0.25) is 5.02 Å². The molecule has 4 aromatic rings. The standard InChI is InChI=1S/C24H22ClN3O2S2/c1-2-27(14-17-8-4-3-5-9-17)21(29)16-32-24-26-20-12-13-31-22(20)23(30)28(24)15-18-10-6-7-11-19(18)25/h3-13H,2,14-16H2,1H3. The Morgan fingerprint density at radius 2 is 1.88 bits per heavy atom. The molecule has 1 amide bonds. The van der Waals surface area contributed by atoms with E-state index in [0.29, 0.717) is 40.0 Å². The molecular formula is C24H22ClN3O2S2. The summed E-state index contributed by atoms with van der Waals surface area (Å²) < 4.78 is 2.22. The Morgan fingerprint density at radius 3 is 2.62 bits per heavy atom. The van der Waals surface area contributed by atoms with Gasteiger partial charge in [0.15, 0.2) is 5.16 Å². The second-order valence-corrected chi connectivity index (χ2v) is 9.46. The number of thiophene rings is 1. The summed E-state index contributed by atoms with van der Waals surface area (Å²) in [4.78, 5) is 32.6. The van der Waals surface area contributed by atoms with E-state index >= 15 is 0 Å². The molecule has 2 aromatic carbocycles. The van der Waals surface area contributed by atoms with Crippen molar-refractivity contribution < 1.29 is 4.79 Å². The average Bonchev–Trinajstić information content (AvgIpc) is 3.29. The van der Waals surface area contributed by atoms with Crippen molar-refractivity contribution >= 4 is 50.8 Å². The number of aromatic nitrogens is 2. The number of nitrogens with zero attached hydrogens (tertiary/aromatic N) is 3. The summed E-state index contributed by atoms with van der Waals surface area (Å²) in [5.41, 5.74) is 2.46. The zero-order valence-corrected chi connectivity index (χ0v) is 19.9. The molecule has 0 radical (unpaired) electrons. The highest BCUT2D eigenvalue weighted by Gasteiger charge is 2.18. The Bertz CT molecular complexity index is 1290. The Morgan fingerprint density at radius 1 is 1.12 bits per heavy atom. The van der Waals surface area contributed by atoms with Gasteiger partial charge in [-0.3, -0.25) is 14.2 Å². The topological polar surface area (TPSA) is 55.2 Å². The summed E-state index contributed by atoms with van der Waals surface area (Å²) in [5, 5.41) is 2.97. The second kappa shape index (κ2) is 10.3. The van der Waals surface area contributed by atoms with Gasteiger partial charge in [-0.2, -0.15) is 0 Å². The first-order valence-corrected chi connectivity index (χ1v) is 12.5. The van der Waals surface area contributed by atoms with Crippen molar-refractivity contribution in [3.05, 3.63) is 92.5 Å². The summed E-state index contributed by atoms with van der Waals surface area (Å²) >= 11 is 9.00. The van der Waals surface area contributed by atoms with Crippen molar-refractivity contribution in [2.45, 2.75) is 25.2 Å². The van der Waals surface area contributed by atoms with Crippen LogP contribution in [0.3, 0.4) is 0 Å². The number of hydrogen-bond donors (Lipinski definition) is 0. The van der Waals surface area contributed by atoms with Gasteiger partial charge in [0.05, 0.1) is 17.8 Å². The van der Waals surface area contributed by atoms with Crippen molar-refractivity contribution in [3.8, 4) is 0 Å². The summed E-state index contributed by atoms with van der Waals surface area (Å²) in [6, 6.07) is 19.2. The highest BCUT2D eigenvalue weighted by molar-refractivity contribution is 7.99. The van der Waals surface area contributed by atoms with Gasteiger partial charge in [0.2, 0.25) is 5.91 Å². The van der Waals surface area contributed by atoms with Crippen LogP contribution in [0.15, 0.2) is 76.0 Å². The van der Waals surface area contributed by atoms with Gasteiger partial charge in [-0.15, -0.1) is 11.3 Å². The Kier molecular flexibility index (Phi) is 7.29. The van der Waals surface area contributed by atoms with Gasteiger partial charge < -0.3 is 4.90 Å². The van der Waals surface area contributed by atoms with Crippen LogP contribution in [0.4, 0.5) is 0 Å². The van der Waals surface area contributed by atoms with E-state index in [4.69, 9.17) is 11.6 Å². The van der Waals surface area contributed by atoms with Crippen LogP contribution >= 0.6 is 34.7 Å². The van der Waals surface area contributed by atoms with Crippen LogP contribution < -0.4 is 5.56 Å². The largest absolute Gasteiger partial charge is 0.338 e. The van der Waals surface area contributed by atoms with Gasteiger partial charge in [0.1, 0.15) is 4.70 Å². The number of fused-ring (bicyclic) bond motifs is 1. The smallest absolute Gasteiger partial charge is 0.272 e. The maximum atomic E-state index is 13.2. The minimum atomic E-state index is -0.114. The third-order valence-corrected chi connectivity index (χ3v) is 7.31. The highest BCUT2D eigenvalue weighted by atomic mass is 35.5. The molecule has 0 unspecified atom stereocenters. The molecule has 5 nitrogen and oxygen atoms in total. The molecule has 2 heterocycles. The molecule has 0 N–H and O–H groups in total. The van der Waals surface area contributed by atoms with Crippen molar-refractivity contribution in [1.29, 1.82) is 0 Å².